The average molecular weight is 321 g/mol. The van der Waals surface area contributed by atoms with E-state index in [4.69, 9.17) is 0 Å². The summed E-state index contributed by atoms with van der Waals surface area (Å²) in [6, 6.07) is 7.45. The number of aromatic nitrogens is 1. The third kappa shape index (κ3) is 2.18. The number of benzene rings is 1. The van der Waals surface area contributed by atoms with Crippen molar-refractivity contribution in [2.24, 2.45) is 0 Å². The van der Waals surface area contributed by atoms with Crippen molar-refractivity contribution in [1.29, 1.82) is 0 Å². The number of carboxylic acid groups (broad SMARTS) is 1. The number of rotatable bonds is 2. The van der Waals surface area contributed by atoms with E-state index in [9.17, 15) is 9.90 Å². The summed E-state index contributed by atoms with van der Waals surface area (Å²) < 4.78 is 1.01. The number of carbonyl (C=O) groups is 1. The third-order valence-corrected chi connectivity index (χ3v) is 4.01. The van der Waals surface area contributed by atoms with E-state index in [-0.39, 0.29) is 0 Å². The maximum absolute atomic E-state index is 11.3. The van der Waals surface area contributed by atoms with Crippen LogP contribution in [0.4, 0.5) is 5.82 Å². The number of hydrogen-bond acceptors (Lipinski definition) is 3. The summed E-state index contributed by atoms with van der Waals surface area (Å²) in [5.74, 6) is 0.00307. The Hall–Kier alpha value is -1.62. The number of hydrogen-bond donors (Lipinski definition) is 1. The summed E-state index contributed by atoms with van der Waals surface area (Å²) in [6.07, 6.45) is 3.32. The SMILES string of the molecule is O=C(O)[C@H]1CCCN1c1nccc2cc(Br)ccc12. The van der Waals surface area contributed by atoms with Gasteiger partial charge in [-0.25, -0.2) is 9.78 Å². The van der Waals surface area contributed by atoms with Crippen molar-refractivity contribution >= 4 is 38.5 Å². The van der Waals surface area contributed by atoms with E-state index < -0.39 is 12.0 Å². The van der Waals surface area contributed by atoms with Crippen molar-refractivity contribution < 1.29 is 9.90 Å². The fraction of sp³-hybridized carbons (Fsp3) is 0.286. The Labute approximate surface area is 119 Å². The van der Waals surface area contributed by atoms with E-state index in [0.717, 1.165) is 34.0 Å². The van der Waals surface area contributed by atoms with Crippen molar-refractivity contribution in [2.75, 3.05) is 11.4 Å². The zero-order valence-electron chi connectivity index (χ0n) is 10.2. The molecule has 0 spiro atoms. The monoisotopic (exact) mass is 320 g/mol. The highest BCUT2D eigenvalue weighted by Crippen LogP contribution is 2.31. The molecule has 1 N–H and O–H groups in total. The normalized spacial score (nSPS) is 19.0. The van der Waals surface area contributed by atoms with E-state index in [1.54, 1.807) is 6.20 Å². The van der Waals surface area contributed by atoms with Gasteiger partial charge in [0.25, 0.3) is 0 Å². The van der Waals surface area contributed by atoms with Gasteiger partial charge in [0.05, 0.1) is 0 Å². The van der Waals surface area contributed by atoms with Gasteiger partial charge in [-0.05, 0) is 42.5 Å². The summed E-state index contributed by atoms with van der Waals surface area (Å²) in [7, 11) is 0. The van der Waals surface area contributed by atoms with E-state index in [1.807, 2.05) is 29.2 Å². The Kier molecular flexibility index (Phi) is 3.14. The molecule has 0 bridgehead atoms. The van der Waals surface area contributed by atoms with Crippen LogP contribution in [0.2, 0.25) is 0 Å². The maximum Gasteiger partial charge on any atom is 0.326 e. The minimum atomic E-state index is -0.770. The number of pyridine rings is 1. The van der Waals surface area contributed by atoms with E-state index in [2.05, 4.69) is 20.9 Å². The Balaban J connectivity index is 2.12. The molecule has 0 aliphatic carbocycles. The molecule has 1 aliphatic rings. The molecule has 98 valence electrons. The van der Waals surface area contributed by atoms with Crippen LogP contribution in [0.15, 0.2) is 34.9 Å². The Morgan fingerprint density at radius 3 is 3.05 bits per heavy atom. The number of halogens is 1. The summed E-state index contributed by atoms with van der Waals surface area (Å²) in [4.78, 5) is 17.6. The Morgan fingerprint density at radius 2 is 2.26 bits per heavy atom. The Morgan fingerprint density at radius 1 is 1.42 bits per heavy atom. The van der Waals surface area contributed by atoms with Crippen molar-refractivity contribution in [3.8, 4) is 0 Å². The number of aliphatic carboxylic acids is 1. The van der Waals surface area contributed by atoms with Gasteiger partial charge < -0.3 is 10.0 Å². The summed E-state index contributed by atoms with van der Waals surface area (Å²) >= 11 is 3.45. The zero-order chi connectivity index (χ0) is 13.4. The van der Waals surface area contributed by atoms with Crippen LogP contribution in [0.1, 0.15) is 12.8 Å². The second-order valence-electron chi connectivity index (χ2n) is 4.69. The molecular formula is C14H13BrN2O2. The highest BCUT2D eigenvalue weighted by Gasteiger charge is 2.32. The van der Waals surface area contributed by atoms with Gasteiger partial charge >= 0.3 is 5.97 Å². The molecule has 1 atom stereocenters. The molecule has 1 saturated heterocycles. The van der Waals surface area contributed by atoms with Gasteiger partial charge in [0.15, 0.2) is 0 Å². The Bertz CT molecular complexity index is 644. The lowest BCUT2D eigenvalue weighted by atomic mass is 10.1. The van der Waals surface area contributed by atoms with Gasteiger partial charge in [-0.3, -0.25) is 0 Å². The zero-order valence-corrected chi connectivity index (χ0v) is 11.8. The number of carboxylic acids is 1. The molecule has 5 heteroatoms. The fourth-order valence-corrected chi connectivity index (χ4v) is 3.02. The summed E-state index contributed by atoms with van der Waals surface area (Å²) in [5, 5.41) is 11.3. The molecule has 1 aromatic carbocycles. The van der Waals surface area contributed by atoms with Crippen molar-refractivity contribution in [3.05, 3.63) is 34.9 Å². The third-order valence-electron chi connectivity index (χ3n) is 3.52. The number of anilines is 1. The van der Waals surface area contributed by atoms with Gasteiger partial charge in [0.1, 0.15) is 11.9 Å². The first-order chi connectivity index (χ1) is 9.16. The van der Waals surface area contributed by atoms with E-state index >= 15 is 0 Å². The second kappa shape index (κ2) is 4.81. The van der Waals surface area contributed by atoms with Crippen molar-refractivity contribution in [1.82, 2.24) is 4.98 Å². The number of fused-ring (bicyclic) bond motifs is 1. The molecule has 2 aromatic rings. The van der Waals surface area contributed by atoms with Crippen LogP contribution in [-0.2, 0) is 4.79 Å². The first-order valence-corrected chi connectivity index (χ1v) is 7.00. The second-order valence-corrected chi connectivity index (χ2v) is 5.61. The van der Waals surface area contributed by atoms with Crippen LogP contribution >= 0.6 is 15.9 Å². The van der Waals surface area contributed by atoms with Gasteiger partial charge in [-0.2, -0.15) is 0 Å². The van der Waals surface area contributed by atoms with Crippen LogP contribution in [-0.4, -0.2) is 28.6 Å². The summed E-state index contributed by atoms with van der Waals surface area (Å²) in [6.45, 7) is 0.749. The van der Waals surface area contributed by atoms with E-state index in [1.165, 1.54) is 0 Å². The maximum atomic E-state index is 11.3. The minimum absolute atomic E-state index is 0.457. The molecule has 0 saturated carbocycles. The number of nitrogens with zero attached hydrogens (tertiary/aromatic N) is 2. The van der Waals surface area contributed by atoms with Gasteiger partial charge in [0.2, 0.25) is 0 Å². The first kappa shape index (κ1) is 12.4. The van der Waals surface area contributed by atoms with Crippen LogP contribution < -0.4 is 4.90 Å². The van der Waals surface area contributed by atoms with Gasteiger partial charge in [-0.1, -0.05) is 15.9 Å². The molecule has 0 radical (unpaired) electrons. The lowest BCUT2D eigenvalue weighted by Crippen LogP contribution is -2.36. The molecule has 3 rings (SSSR count). The highest BCUT2D eigenvalue weighted by atomic mass is 79.9. The summed E-state index contributed by atoms with van der Waals surface area (Å²) in [5.41, 5.74) is 0. The molecule has 1 aliphatic heterocycles. The van der Waals surface area contributed by atoms with Crippen molar-refractivity contribution in [3.63, 3.8) is 0 Å². The quantitative estimate of drug-likeness (QED) is 0.924. The smallest absolute Gasteiger partial charge is 0.326 e. The lowest BCUT2D eigenvalue weighted by Gasteiger charge is -2.23. The highest BCUT2D eigenvalue weighted by molar-refractivity contribution is 9.10. The van der Waals surface area contributed by atoms with Crippen LogP contribution in [0, 0.1) is 0 Å². The lowest BCUT2D eigenvalue weighted by molar-refractivity contribution is -0.138. The largest absolute Gasteiger partial charge is 0.480 e. The van der Waals surface area contributed by atoms with Gasteiger partial charge in [0, 0.05) is 22.6 Å². The fourth-order valence-electron chi connectivity index (χ4n) is 2.64. The predicted molar refractivity (Wildman–Crippen MR) is 77.4 cm³/mol. The standard InChI is InChI=1S/C14H13BrN2O2/c15-10-3-4-11-9(8-10)5-6-16-13(11)17-7-1-2-12(17)14(18)19/h3-6,8,12H,1-2,7H2,(H,18,19)/t12-/m1/s1. The van der Waals surface area contributed by atoms with Crippen LogP contribution in [0.3, 0.4) is 0 Å². The van der Waals surface area contributed by atoms with Crippen molar-refractivity contribution in [2.45, 2.75) is 18.9 Å². The van der Waals surface area contributed by atoms with Gasteiger partial charge in [-0.15, -0.1) is 0 Å². The van der Waals surface area contributed by atoms with Crippen LogP contribution in [0.5, 0.6) is 0 Å². The molecule has 1 aromatic heterocycles. The first-order valence-electron chi connectivity index (χ1n) is 6.20. The predicted octanol–water partition coefficient (Wildman–Crippen LogP) is 3.05. The molecule has 0 unspecified atom stereocenters. The minimum Gasteiger partial charge on any atom is -0.480 e. The molecule has 0 amide bonds. The average Bonchev–Trinajstić information content (AvgIpc) is 2.86. The molecule has 1 fully saturated rings. The molecule has 19 heavy (non-hydrogen) atoms. The molecule has 4 nitrogen and oxygen atoms in total. The molecular weight excluding hydrogens is 308 g/mol. The topological polar surface area (TPSA) is 53.4 Å². The van der Waals surface area contributed by atoms with E-state index in [0.29, 0.717) is 6.42 Å². The van der Waals surface area contributed by atoms with Crippen LogP contribution in [0.25, 0.3) is 10.8 Å². The molecule has 2 heterocycles.